The molecule has 27 heavy (non-hydrogen) atoms. The van der Waals surface area contributed by atoms with Crippen molar-refractivity contribution in [3.05, 3.63) is 35.9 Å². The first-order valence-electron chi connectivity index (χ1n) is 8.70. The predicted molar refractivity (Wildman–Crippen MR) is 100 cm³/mol. The first-order chi connectivity index (χ1) is 12.6. The molecule has 152 valence electrons. The zero-order chi connectivity index (χ0) is 20.5. The highest BCUT2D eigenvalue weighted by atomic mass is 31.2. The maximum Gasteiger partial charge on any atom is 0.408 e. The Labute approximate surface area is 160 Å². The quantitative estimate of drug-likeness (QED) is 0.495. The molecule has 1 rings (SSSR count). The average molecular weight is 401 g/mol. The molecule has 0 bridgehead atoms. The van der Waals surface area contributed by atoms with Crippen molar-refractivity contribution in [1.29, 1.82) is 0 Å². The van der Waals surface area contributed by atoms with Gasteiger partial charge in [0, 0.05) is 0 Å². The van der Waals surface area contributed by atoms with Gasteiger partial charge in [-0.3, -0.25) is 9.88 Å². The molecule has 0 aliphatic heterocycles. The second-order valence-electron chi connectivity index (χ2n) is 6.52. The van der Waals surface area contributed by atoms with Crippen LogP contribution in [0.4, 0.5) is 4.79 Å². The second-order valence-corrected chi connectivity index (χ2v) is 8.63. The van der Waals surface area contributed by atoms with Crippen LogP contribution in [-0.2, 0) is 34.5 Å². The van der Waals surface area contributed by atoms with Crippen molar-refractivity contribution < 1.29 is 32.7 Å². The summed E-state index contributed by atoms with van der Waals surface area (Å²) in [6, 6.07) is 9.01. The molecule has 0 saturated carbocycles. The lowest BCUT2D eigenvalue weighted by molar-refractivity contribution is -0.155. The summed E-state index contributed by atoms with van der Waals surface area (Å²) < 4.78 is 33.8. The molecule has 0 radical (unpaired) electrons. The van der Waals surface area contributed by atoms with Crippen LogP contribution in [0, 0.1) is 0 Å². The largest absolute Gasteiger partial charge is 0.458 e. The van der Waals surface area contributed by atoms with Crippen LogP contribution < -0.4 is 5.32 Å². The van der Waals surface area contributed by atoms with Gasteiger partial charge in [0.25, 0.3) is 0 Å². The van der Waals surface area contributed by atoms with Crippen LogP contribution in [0.3, 0.4) is 0 Å². The third kappa shape index (κ3) is 8.12. The van der Waals surface area contributed by atoms with E-state index >= 15 is 0 Å². The number of carbonyl (C=O) groups is 2. The summed E-state index contributed by atoms with van der Waals surface area (Å²) >= 11 is 0. The van der Waals surface area contributed by atoms with Gasteiger partial charge in [-0.2, -0.15) is 0 Å². The maximum atomic E-state index is 13.0. The van der Waals surface area contributed by atoms with Crippen LogP contribution in [-0.4, -0.2) is 36.7 Å². The van der Waals surface area contributed by atoms with E-state index in [1.165, 1.54) is 0 Å². The number of ether oxygens (including phenoxy) is 2. The SMILES string of the molecule is CCOP(=O)(OCC)C(NC(=O)OCc1ccccc1)C(=O)OC(C)(C)C. The molecular formula is C18H28NO7P. The summed E-state index contributed by atoms with van der Waals surface area (Å²) in [5.74, 6) is -2.57. The van der Waals surface area contributed by atoms with Gasteiger partial charge in [0.2, 0.25) is 5.78 Å². The van der Waals surface area contributed by atoms with Gasteiger partial charge in [0.15, 0.2) is 0 Å². The van der Waals surface area contributed by atoms with E-state index in [0.717, 1.165) is 5.56 Å². The predicted octanol–water partition coefficient (Wildman–Crippen LogP) is 3.85. The van der Waals surface area contributed by atoms with Gasteiger partial charge in [0.1, 0.15) is 12.2 Å². The molecule has 0 aliphatic carbocycles. The normalized spacial score (nSPS) is 12.9. The fraction of sp³-hybridized carbons (Fsp3) is 0.556. The highest BCUT2D eigenvalue weighted by Crippen LogP contribution is 2.52. The highest BCUT2D eigenvalue weighted by molar-refractivity contribution is 7.55. The summed E-state index contributed by atoms with van der Waals surface area (Å²) in [7, 11) is -4.01. The van der Waals surface area contributed by atoms with Crippen LogP contribution in [0.5, 0.6) is 0 Å². The number of alkyl carbamates (subject to hydrolysis) is 1. The van der Waals surface area contributed by atoms with Gasteiger partial charge in [-0.15, -0.1) is 0 Å². The molecule has 0 aromatic heterocycles. The number of rotatable bonds is 9. The Morgan fingerprint density at radius 3 is 2.11 bits per heavy atom. The third-order valence-electron chi connectivity index (χ3n) is 3.03. The van der Waals surface area contributed by atoms with E-state index < -0.39 is 31.0 Å². The molecule has 1 aromatic rings. The maximum absolute atomic E-state index is 13.0. The number of amides is 1. The minimum atomic E-state index is -4.01. The molecule has 0 heterocycles. The Morgan fingerprint density at radius 2 is 1.63 bits per heavy atom. The molecule has 1 N–H and O–H groups in total. The van der Waals surface area contributed by atoms with Crippen molar-refractivity contribution in [2.45, 2.75) is 52.6 Å². The van der Waals surface area contributed by atoms with Crippen LogP contribution in [0.1, 0.15) is 40.2 Å². The lowest BCUT2D eigenvalue weighted by Crippen LogP contribution is -2.45. The van der Waals surface area contributed by atoms with Crippen molar-refractivity contribution in [1.82, 2.24) is 5.32 Å². The lowest BCUT2D eigenvalue weighted by atomic mass is 10.2. The van der Waals surface area contributed by atoms with Crippen molar-refractivity contribution in [2.24, 2.45) is 0 Å². The van der Waals surface area contributed by atoms with Crippen molar-refractivity contribution in [3.63, 3.8) is 0 Å². The van der Waals surface area contributed by atoms with E-state index in [-0.39, 0.29) is 19.8 Å². The van der Waals surface area contributed by atoms with Crippen LogP contribution in [0.25, 0.3) is 0 Å². The second kappa shape index (κ2) is 10.4. The highest BCUT2D eigenvalue weighted by Gasteiger charge is 2.45. The van der Waals surface area contributed by atoms with E-state index in [0.29, 0.717) is 0 Å². The fourth-order valence-electron chi connectivity index (χ4n) is 2.05. The van der Waals surface area contributed by atoms with Gasteiger partial charge < -0.3 is 18.5 Å². The van der Waals surface area contributed by atoms with E-state index in [1.54, 1.807) is 58.9 Å². The van der Waals surface area contributed by atoms with E-state index in [1.807, 2.05) is 6.07 Å². The first-order valence-corrected chi connectivity index (χ1v) is 10.3. The molecule has 0 spiro atoms. The topological polar surface area (TPSA) is 100 Å². The van der Waals surface area contributed by atoms with Crippen molar-refractivity contribution >= 4 is 19.7 Å². The Balaban J connectivity index is 2.93. The summed E-state index contributed by atoms with van der Waals surface area (Å²) in [6.45, 7) is 8.21. The Morgan fingerprint density at radius 1 is 1.07 bits per heavy atom. The monoisotopic (exact) mass is 401 g/mol. The number of hydrogen-bond donors (Lipinski definition) is 1. The lowest BCUT2D eigenvalue weighted by Gasteiger charge is -2.28. The smallest absolute Gasteiger partial charge is 0.408 e. The molecule has 0 aliphatic rings. The molecule has 1 unspecified atom stereocenters. The van der Waals surface area contributed by atoms with Crippen LogP contribution in [0.15, 0.2) is 30.3 Å². The van der Waals surface area contributed by atoms with E-state index in [4.69, 9.17) is 18.5 Å². The molecule has 9 heteroatoms. The van der Waals surface area contributed by atoms with Gasteiger partial charge in [-0.05, 0) is 40.2 Å². The first kappa shape index (κ1) is 23.1. The molecule has 0 fully saturated rings. The number of carbonyl (C=O) groups excluding carboxylic acids is 2. The Bertz CT molecular complexity index is 647. The minimum absolute atomic E-state index is 0.0126. The zero-order valence-corrected chi connectivity index (χ0v) is 17.3. The summed E-state index contributed by atoms with van der Waals surface area (Å²) in [5, 5.41) is 2.27. The summed E-state index contributed by atoms with van der Waals surface area (Å²) in [6.07, 6.45) is -0.936. The summed E-state index contributed by atoms with van der Waals surface area (Å²) in [4.78, 5) is 24.7. The average Bonchev–Trinajstić information content (AvgIpc) is 2.57. The van der Waals surface area contributed by atoms with Crippen LogP contribution in [0.2, 0.25) is 0 Å². The van der Waals surface area contributed by atoms with Gasteiger partial charge >= 0.3 is 19.7 Å². The van der Waals surface area contributed by atoms with Gasteiger partial charge in [-0.1, -0.05) is 30.3 Å². The van der Waals surface area contributed by atoms with Gasteiger partial charge in [0.05, 0.1) is 13.2 Å². The number of benzene rings is 1. The molecule has 8 nitrogen and oxygen atoms in total. The Kier molecular flexibility index (Phi) is 8.96. The number of esters is 1. The van der Waals surface area contributed by atoms with Gasteiger partial charge in [-0.25, -0.2) is 9.59 Å². The van der Waals surface area contributed by atoms with Crippen LogP contribution >= 0.6 is 7.60 Å². The zero-order valence-electron chi connectivity index (χ0n) is 16.4. The molecule has 1 aromatic carbocycles. The minimum Gasteiger partial charge on any atom is -0.458 e. The fourth-order valence-corrected chi connectivity index (χ4v) is 3.71. The Hall–Kier alpha value is -1.89. The summed E-state index contributed by atoms with van der Waals surface area (Å²) in [5.41, 5.74) is -0.0898. The standard InChI is InChI=1S/C18H28NO7P/c1-6-24-27(22,25-7-2)15(16(20)26-18(3,4)5)19-17(21)23-13-14-11-9-8-10-12-14/h8-12,15H,6-7,13H2,1-5H3,(H,19,21). The third-order valence-corrected chi connectivity index (χ3v) is 5.24. The van der Waals surface area contributed by atoms with E-state index in [2.05, 4.69) is 5.32 Å². The number of hydrogen-bond acceptors (Lipinski definition) is 7. The molecule has 0 saturated heterocycles. The molecular weight excluding hydrogens is 373 g/mol. The molecule has 1 atom stereocenters. The van der Waals surface area contributed by atoms with Crippen molar-refractivity contribution in [3.8, 4) is 0 Å². The number of nitrogens with one attached hydrogen (secondary N) is 1. The molecule has 1 amide bonds. The van der Waals surface area contributed by atoms with Crippen molar-refractivity contribution in [2.75, 3.05) is 13.2 Å². The van der Waals surface area contributed by atoms with E-state index in [9.17, 15) is 14.2 Å².